The minimum atomic E-state index is -1.24. The largest absolute Gasteiger partial charge is 0.388 e. The highest BCUT2D eigenvalue weighted by atomic mass is 35.5. The summed E-state index contributed by atoms with van der Waals surface area (Å²) in [5.74, 6) is -0.276. The molecule has 0 aliphatic heterocycles. The predicted octanol–water partition coefficient (Wildman–Crippen LogP) is 3.81. The summed E-state index contributed by atoms with van der Waals surface area (Å²) in [5.41, 5.74) is 7.23. The van der Waals surface area contributed by atoms with Crippen LogP contribution in [0.2, 0.25) is 0 Å². The zero-order valence-corrected chi connectivity index (χ0v) is 27.0. The molecule has 242 valence electrons. The molecule has 0 bridgehead atoms. The Hall–Kier alpha value is -5.15. The second-order valence-electron chi connectivity index (χ2n) is 10.3. The van der Waals surface area contributed by atoms with Crippen LogP contribution in [-0.4, -0.2) is 84.8 Å². The van der Waals surface area contributed by atoms with Gasteiger partial charge in [0.2, 0.25) is 0 Å². The molecule has 5 N–H and O–H groups in total. The van der Waals surface area contributed by atoms with Crippen molar-refractivity contribution in [1.29, 1.82) is 5.41 Å². The molecule has 46 heavy (non-hydrogen) atoms. The number of halogens is 1. The predicted molar refractivity (Wildman–Crippen MR) is 178 cm³/mol. The number of nitrogens with one attached hydrogen (secondary N) is 3. The molecule has 3 heterocycles. The number of benzene rings is 1. The zero-order chi connectivity index (χ0) is 33.5. The van der Waals surface area contributed by atoms with Crippen LogP contribution >= 0.6 is 11.6 Å². The molecule has 0 aliphatic rings. The van der Waals surface area contributed by atoms with E-state index in [1.54, 1.807) is 74.4 Å². The van der Waals surface area contributed by atoms with Crippen LogP contribution in [0.1, 0.15) is 27.3 Å². The average Bonchev–Trinajstić information content (AvgIpc) is 3.79. The first-order valence-electron chi connectivity index (χ1n) is 13.9. The lowest BCUT2D eigenvalue weighted by Gasteiger charge is -2.16. The van der Waals surface area contributed by atoms with Crippen molar-refractivity contribution >= 4 is 69.2 Å². The Morgan fingerprint density at radius 2 is 1.50 bits per heavy atom. The maximum atomic E-state index is 13.2. The van der Waals surface area contributed by atoms with Crippen molar-refractivity contribution in [2.24, 2.45) is 12.8 Å². The van der Waals surface area contributed by atoms with Gasteiger partial charge in [-0.15, -0.1) is 11.6 Å². The van der Waals surface area contributed by atoms with Crippen LogP contribution in [-0.2, 0) is 17.8 Å². The van der Waals surface area contributed by atoms with Gasteiger partial charge in [0.1, 0.15) is 5.69 Å². The molecule has 4 amide bonds. The van der Waals surface area contributed by atoms with Gasteiger partial charge in [-0.1, -0.05) is 0 Å². The molecule has 4 rings (SSSR count). The van der Waals surface area contributed by atoms with Gasteiger partial charge in [0, 0.05) is 87.2 Å². The summed E-state index contributed by atoms with van der Waals surface area (Å²) < 4.78 is 16.3. The van der Waals surface area contributed by atoms with Gasteiger partial charge < -0.3 is 25.8 Å². The maximum absolute atomic E-state index is 13.2. The van der Waals surface area contributed by atoms with Crippen LogP contribution in [0.15, 0.2) is 78.3 Å². The first-order chi connectivity index (χ1) is 21.9. The maximum Gasteiger partial charge on any atom is 0.332 e. The fourth-order valence-corrected chi connectivity index (χ4v) is 5.58. The van der Waals surface area contributed by atoms with E-state index in [4.69, 9.17) is 22.7 Å². The van der Waals surface area contributed by atoms with E-state index in [-0.39, 0.29) is 36.4 Å². The van der Waals surface area contributed by atoms with E-state index >= 15 is 0 Å². The fourth-order valence-electron chi connectivity index (χ4n) is 4.34. The summed E-state index contributed by atoms with van der Waals surface area (Å²) in [5, 5.41) is 12.8. The molecule has 14 nitrogen and oxygen atoms in total. The third-order valence-corrected chi connectivity index (χ3v) is 8.71. The quantitative estimate of drug-likeness (QED) is 0.107. The fraction of sp³-hybridized carbons (Fsp3) is 0.233. The highest BCUT2D eigenvalue weighted by Crippen LogP contribution is 2.21. The van der Waals surface area contributed by atoms with Crippen LogP contribution < -0.4 is 21.3 Å². The van der Waals surface area contributed by atoms with Crippen molar-refractivity contribution in [3.05, 3.63) is 84.7 Å². The molecule has 1 unspecified atom stereocenters. The van der Waals surface area contributed by atoms with Crippen LogP contribution in [0.3, 0.4) is 0 Å². The van der Waals surface area contributed by atoms with Gasteiger partial charge in [-0.05, 0) is 42.5 Å². The van der Waals surface area contributed by atoms with Crippen molar-refractivity contribution in [3.63, 3.8) is 0 Å². The minimum absolute atomic E-state index is 0.0187. The summed E-state index contributed by atoms with van der Waals surface area (Å²) in [6.07, 6.45) is 7.85. The summed E-state index contributed by atoms with van der Waals surface area (Å²) >= 11 is 5.65. The number of alkyl halides is 1. The number of anilines is 3. The van der Waals surface area contributed by atoms with Gasteiger partial charge in [-0.2, -0.15) is 0 Å². The van der Waals surface area contributed by atoms with E-state index in [0.29, 0.717) is 33.3 Å². The third kappa shape index (κ3) is 8.11. The van der Waals surface area contributed by atoms with Gasteiger partial charge in [-0.3, -0.25) is 33.2 Å². The molecule has 16 heteroatoms. The molecule has 1 atom stereocenters. The molecule has 0 spiro atoms. The van der Waals surface area contributed by atoms with Gasteiger partial charge in [0.05, 0.1) is 33.7 Å². The van der Waals surface area contributed by atoms with E-state index in [0.717, 1.165) is 0 Å². The van der Waals surface area contributed by atoms with Gasteiger partial charge in [0.15, 0.2) is 0 Å². The summed E-state index contributed by atoms with van der Waals surface area (Å²) in [7, 11) is 3.58. The topological polar surface area (TPSA) is 181 Å². The van der Waals surface area contributed by atoms with E-state index in [1.807, 2.05) is 0 Å². The molecule has 0 saturated carbocycles. The second-order valence-corrected chi connectivity index (χ2v) is 12.3. The van der Waals surface area contributed by atoms with Crippen molar-refractivity contribution < 1.29 is 23.4 Å². The molecule has 0 saturated heterocycles. The zero-order valence-electron chi connectivity index (χ0n) is 25.4. The number of carbonyl (C=O) groups is 4. The lowest BCUT2D eigenvalue weighted by atomic mass is 10.2. The van der Waals surface area contributed by atoms with E-state index < -0.39 is 28.6 Å². The van der Waals surface area contributed by atoms with E-state index in [2.05, 4.69) is 10.6 Å². The van der Waals surface area contributed by atoms with Crippen LogP contribution in [0.4, 0.5) is 26.7 Å². The SMILES string of the molecule is CN(CCC(=N)N)C(=O)n1ccc(NC(=O)c2cc(N(C)C(=O)n3ccc(NC(=O)c4ccc(S(=O)CCCl)cc4)c3)cn2C)c1. The summed E-state index contributed by atoms with van der Waals surface area (Å²) in [6.45, 7) is 0.279. The molecule has 0 aliphatic carbocycles. The molecule has 0 fully saturated rings. The third-order valence-electron chi connectivity index (χ3n) is 6.93. The molecular formula is C30H34ClN9O5S. The first-order valence-corrected chi connectivity index (χ1v) is 15.8. The second kappa shape index (κ2) is 14.8. The van der Waals surface area contributed by atoms with Crippen molar-refractivity contribution in [1.82, 2.24) is 18.6 Å². The molecule has 4 aromatic rings. The van der Waals surface area contributed by atoms with Gasteiger partial charge in [-0.25, -0.2) is 9.59 Å². The summed E-state index contributed by atoms with van der Waals surface area (Å²) in [6, 6.07) is 10.3. The number of rotatable bonds is 11. The highest BCUT2D eigenvalue weighted by Gasteiger charge is 2.20. The van der Waals surface area contributed by atoms with Gasteiger partial charge in [0.25, 0.3) is 11.8 Å². The number of hydrogen-bond donors (Lipinski definition) is 4. The van der Waals surface area contributed by atoms with Crippen molar-refractivity contribution in [2.75, 3.05) is 47.8 Å². The molecule has 0 radical (unpaired) electrons. The highest BCUT2D eigenvalue weighted by molar-refractivity contribution is 7.85. The minimum Gasteiger partial charge on any atom is -0.388 e. The smallest absolute Gasteiger partial charge is 0.332 e. The molecule has 1 aromatic carbocycles. The number of hydrogen-bond acceptors (Lipinski definition) is 6. The Morgan fingerprint density at radius 3 is 2.09 bits per heavy atom. The number of nitrogens with two attached hydrogens (primary N) is 1. The number of aryl methyl sites for hydroxylation is 1. The molecular weight excluding hydrogens is 634 g/mol. The van der Waals surface area contributed by atoms with E-state index in [1.165, 1.54) is 43.7 Å². The number of aromatic nitrogens is 3. The Bertz CT molecular complexity index is 1790. The average molecular weight is 668 g/mol. The first kappa shape index (κ1) is 33.7. The lowest BCUT2D eigenvalue weighted by Crippen LogP contribution is -2.33. The normalized spacial score (nSPS) is 11.5. The number of amidine groups is 1. The number of amides is 4. The standard InChI is InChI=1S/C30H34ClN9O5S/c1-36(12-10-26(32)33)29(43)39-13-8-22(17-39)35-28(42)25-16-23(19-37(25)2)38(3)30(44)40-14-9-21(18-40)34-27(41)20-4-6-24(7-5-20)46(45)15-11-31/h4-9,13-14,16-19H,10-12,15H2,1-3H3,(H3,32,33)(H,34,41)(H,35,42). The Kier molecular flexibility index (Phi) is 10.8. The Balaban J connectivity index is 1.37. The van der Waals surface area contributed by atoms with E-state index in [9.17, 15) is 23.4 Å². The van der Waals surface area contributed by atoms with Crippen molar-refractivity contribution in [3.8, 4) is 0 Å². The van der Waals surface area contributed by atoms with Crippen molar-refractivity contribution in [2.45, 2.75) is 11.3 Å². The Labute approximate surface area is 272 Å². The Morgan fingerprint density at radius 1 is 0.913 bits per heavy atom. The molecule has 3 aromatic heterocycles. The summed E-state index contributed by atoms with van der Waals surface area (Å²) in [4.78, 5) is 55.0. The van der Waals surface area contributed by atoms with Crippen LogP contribution in [0, 0.1) is 5.41 Å². The number of carbonyl (C=O) groups excluding carboxylic acids is 4. The van der Waals surface area contributed by atoms with Crippen LogP contribution in [0.25, 0.3) is 0 Å². The van der Waals surface area contributed by atoms with Gasteiger partial charge >= 0.3 is 12.1 Å². The number of nitrogens with zero attached hydrogens (tertiary/aromatic N) is 5. The lowest BCUT2D eigenvalue weighted by molar-refractivity contribution is 0.101. The van der Waals surface area contributed by atoms with Crippen LogP contribution in [0.5, 0.6) is 0 Å². The monoisotopic (exact) mass is 667 g/mol.